The smallest absolute Gasteiger partial charge is 0.395 e. The van der Waals surface area contributed by atoms with E-state index < -0.39 is 19.9 Å². The van der Waals surface area contributed by atoms with Gasteiger partial charge >= 0.3 is 13.8 Å². The molecular formula is C20H23O5P. The van der Waals surface area contributed by atoms with Gasteiger partial charge in [-0.3, -0.25) is 4.52 Å². The fourth-order valence-corrected chi connectivity index (χ4v) is 3.62. The monoisotopic (exact) mass is 374 g/mol. The lowest BCUT2D eigenvalue weighted by Crippen LogP contribution is -2.12. The molecular weight excluding hydrogens is 351 g/mol. The van der Waals surface area contributed by atoms with Gasteiger partial charge in [0, 0.05) is 5.57 Å². The lowest BCUT2D eigenvalue weighted by atomic mass is 10.1. The molecule has 6 heteroatoms. The highest BCUT2D eigenvalue weighted by atomic mass is 31.2. The van der Waals surface area contributed by atoms with Crippen LogP contribution < -0.4 is 4.52 Å². The van der Waals surface area contributed by atoms with Crippen molar-refractivity contribution in [3.05, 3.63) is 78.4 Å². The molecule has 0 radical (unpaired) electrons. The predicted octanol–water partition coefficient (Wildman–Crippen LogP) is 5.85. The van der Waals surface area contributed by atoms with E-state index in [-0.39, 0.29) is 11.3 Å². The van der Waals surface area contributed by atoms with Crippen LogP contribution in [0.3, 0.4) is 0 Å². The fourth-order valence-electron chi connectivity index (χ4n) is 2.22. The van der Waals surface area contributed by atoms with Gasteiger partial charge in [-0.05, 0) is 31.0 Å². The second-order valence-corrected chi connectivity index (χ2v) is 7.27. The first-order valence-electron chi connectivity index (χ1n) is 8.41. The average molecular weight is 374 g/mol. The second kappa shape index (κ2) is 9.37. The summed E-state index contributed by atoms with van der Waals surface area (Å²) < 4.78 is 29.5. The summed E-state index contributed by atoms with van der Waals surface area (Å²) in [5.41, 5.74) is 0.940. The molecule has 0 aliphatic heterocycles. The van der Waals surface area contributed by atoms with Crippen LogP contribution >= 0.6 is 7.82 Å². The Bertz CT molecular complexity index is 773. The first-order chi connectivity index (χ1) is 12.4. The molecule has 2 unspecified atom stereocenters. The van der Waals surface area contributed by atoms with Gasteiger partial charge in [0.1, 0.15) is 5.75 Å². The molecule has 2 atom stereocenters. The van der Waals surface area contributed by atoms with Gasteiger partial charge < -0.3 is 9.05 Å². The Morgan fingerprint density at radius 3 is 2.19 bits per heavy atom. The summed E-state index contributed by atoms with van der Waals surface area (Å²) in [5.74, 6) is -0.541. The lowest BCUT2D eigenvalue weighted by molar-refractivity contribution is -0.131. The first-order valence-corrected chi connectivity index (χ1v) is 9.87. The number of phosphoric ester groups is 1. The van der Waals surface area contributed by atoms with Crippen LogP contribution in [-0.2, 0) is 18.4 Å². The van der Waals surface area contributed by atoms with E-state index in [4.69, 9.17) is 13.6 Å². The van der Waals surface area contributed by atoms with E-state index in [0.29, 0.717) is 6.42 Å². The van der Waals surface area contributed by atoms with Crippen molar-refractivity contribution in [1.82, 2.24) is 0 Å². The van der Waals surface area contributed by atoms with Gasteiger partial charge in [-0.25, -0.2) is 9.36 Å². The first kappa shape index (κ1) is 20.0. The zero-order valence-electron chi connectivity index (χ0n) is 15.0. The van der Waals surface area contributed by atoms with Crippen LogP contribution in [0.4, 0.5) is 0 Å². The highest BCUT2D eigenvalue weighted by Crippen LogP contribution is 2.54. The van der Waals surface area contributed by atoms with Gasteiger partial charge in [0.2, 0.25) is 0 Å². The number of hydrogen-bond acceptors (Lipinski definition) is 5. The number of carbonyl (C=O) groups is 1. The Labute approximate surface area is 154 Å². The number of benzene rings is 2. The minimum atomic E-state index is -4.21. The maximum atomic E-state index is 13.2. The molecule has 0 saturated heterocycles. The highest BCUT2D eigenvalue weighted by molar-refractivity contribution is 7.49. The van der Waals surface area contributed by atoms with Gasteiger partial charge in [-0.1, -0.05) is 68.5 Å². The topological polar surface area (TPSA) is 61.8 Å². The molecule has 138 valence electrons. The molecule has 0 aromatic heterocycles. The molecule has 0 aliphatic rings. The molecule has 2 rings (SSSR count). The van der Waals surface area contributed by atoms with E-state index in [1.807, 2.05) is 37.3 Å². The lowest BCUT2D eigenvalue weighted by Gasteiger charge is -2.24. The predicted molar refractivity (Wildman–Crippen MR) is 101 cm³/mol. The van der Waals surface area contributed by atoms with Crippen molar-refractivity contribution in [3.63, 3.8) is 0 Å². The molecule has 0 fully saturated rings. The van der Waals surface area contributed by atoms with Gasteiger partial charge in [-0.15, -0.1) is 0 Å². The van der Waals surface area contributed by atoms with Crippen LogP contribution in [0.25, 0.3) is 0 Å². The second-order valence-electron chi connectivity index (χ2n) is 5.80. The van der Waals surface area contributed by atoms with E-state index in [1.165, 1.54) is 6.92 Å². The van der Waals surface area contributed by atoms with Crippen LogP contribution in [-0.4, -0.2) is 5.97 Å². The molecule has 0 amide bonds. The number of phosphoric acid groups is 1. The van der Waals surface area contributed by atoms with Crippen molar-refractivity contribution in [2.75, 3.05) is 0 Å². The van der Waals surface area contributed by atoms with Gasteiger partial charge in [0.15, 0.2) is 0 Å². The molecule has 0 heterocycles. The number of para-hydroxylation sites is 1. The van der Waals surface area contributed by atoms with E-state index in [1.54, 1.807) is 30.3 Å². The minimum absolute atomic E-state index is 0.109. The number of hydrogen-bond donors (Lipinski definition) is 0. The van der Waals surface area contributed by atoms with Crippen LogP contribution in [0.1, 0.15) is 38.4 Å². The van der Waals surface area contributed by atoms with E-state index in [2.05, 4.69) is 6.58 Å². The van der Waals surface area contributed by atoms with Crippen molar-refractivity contribution >= 4 is 13.8 Å². The third-order valence-electron chi connectivity index (χ3n) is 3.48. The summed E-state index contributed by atoms with van der Waals surface area (Å²) in [6, 6.07) is 17.8. The van der Waals surface area contributed by atoms with Crippen molar-refractivity contribution in [3.8, 4) is 5.75 Å². The summed E-state index contributed by atoms with van der Waals surface area (Å²) in [5, 5.41) is 0. The average Bonchev–Trinajstić information content (AvgIpc) is 2.62. The van der Waals surface area contributed by atoms with Gasteiger partial charge in [0.05, 0.1) is 6.10 Å². The molecule has 2 aromatic rings. The van der Waals surface area contributed by atoms with E-state index in [9.17, 15) is 9.36 Å². The normalized spacial score (nSPS) is 14.1. The third-order valence-corrected chi connectivity index (χ3v) is 4.82. The fraction of sp³-hybridized carbons (Fsp3) is 0.250. The molecule has 26 heavy (non-hydrogen) atoms. The molecule has 0 spiro atoms. The Kier molecular flexibility index (Phi) is 7.19. The molecule has 0 N–H and O–H groups in total. The van der Waals surface area contributed by atoms with Crippen molar-refractivity contribution < 1.29 is 22.9 Å². The van der Waals surface area contributed by atoms with E-state index in [0.717, 1.165) is 12.0 Å². The zero-order chi connectivity index (χ0) is 19.0. The van der Waals surface area contributed by atoms with Crippen LogP contribution in [0.2, 0.25) is 0 Å². The van der Waals surface area contributed by atoms with Crippen LogP contribution in [0.5, 0.6) is 5.75 Å². The van der Waals surface area contributed by atoms with Gasteiger partial charge in [0.25, 0.3) is 0 Å². The molecule has 5 nitrogen and oxygen atoms in total. The standard InChI is InChI=1S/C20H23O5P/c1-4-11-19(17-12-7-5-8-13-17)24-26(22,25-20(21)16(2)3)23-18-14-9-6-10-15-18/h5-10,12-15,19H,2,4,11H2,1,3H3. The largest absolute Gasteiger partial charge is 0.590 e. The van der Waals surface area contributed by atoms with Crippen molar-refractivity contribution in [2.24, 2.45) is 0 Å². The molecule has 0 saturated carbocycles. The summed E-state index contributed by atoms with van der Waals surface area (Å²) in [6.07, 6.45) is 0.851. The van der Waals surface area contributed by atoms with E-state index >= 15 is 0 Å². The summed E-state index contributed by atoms with van der Waals surface area (Å²) in [4.78, 5) is 12.0. The zero-order valence-corrected chi connectivity index (χ0v) is 15.9. The Balaban J connectivity index is 2.30. The summed E-state index contributed by atoms with van der Waals surface area (Å²) in [6.45, 7) is 6.97. The van der Waals surface area contributed by atoms with Crippen molar-refractivity contribution in [1.29, 1.82) is 0 Å². The maximum absolute atomic E-state index is 13.2. The Morgan fingerprint density at radius 2 is 1.65 bits per heavy atom. The molecule has 0 aliphatic carbocycles. The van der Waals surface area contributed by atoms with Gasteiger partial charge in [-0.2, -0.15) is 0 Å². The quantitative estimate of drug-likeness (QED) is 0.407. The number of rotatable bonds is 9. The maximum Gasteiger partial charge on any atom is 0.590 e. The Hall–Kier alpha value is -2.36. The Morgan fingerprint density at radius 1 is 1.08 bits per heavy atom. The van der Waals surface area contributed by atoms with Crippen LogP contribution in [0, 0.1) is 0 Å². The van der Waals surface area contributed by atoms with Crippen LogP contribution in [0.15, 0.2) is 72.8 Å². The highest BCUT2D eigenvalue weighted by Gasteiger charge is 2.37. The third kappa shape index (κ3) is 5.87. The SMILES string of the molecule is C=C(C)C(=O)OP(=O)(Oc1ccccc1)OC(CCC)c1ccccc1. The molecule has 0 bridgehead atoms. The minimum Gasteiger partial charge on any atom is -0.395 e. The molecule has 2 aromatic carbocycles. The van der Waals surface area contributed by atoms with Crippen molar-refractivity contribution in [2.45, 2.75) is 32.8 Å². The summed E-state index contributed by atoms with van der Waals surface area (Å²) in [7, 11) is -4.21. The number of carbonyl (C=O) groups excluding carboxylic acids is 1. The summed E-state index contributed by atoms with van der Waals surface area (Å²) >= 11 is 0.